The Morgan fingerprint density at radius 2 is 2.16 bits per heavy atom. The second kappa shape index (κ2) is 7.34. The summed E-state index contributed by atoms with van der Waals surface area (Å²) in [6.45, 7) is 5.81. The molecule has 0 aliphatic carbocycles. The van der Waals surface area contributed by atoms with Crippen LogP contribution in [0.2, 0.25) is 0 Å². The van der Waals surface area contributed by atoms with Gasteiger partial charge in [-0.3, -0.25) is 0 Å². The number of piperidine rings is 1. The molecule has 0 saturated carbocycles. The Balaban J connectivity index is 1.68. The Morgan fingerprint density at radius 1 is 1.32 bits per heavy atom. The third-order valence-corrected chi connectivity index (χ3v) is 3.87. The van der Waals surface area contributed by atoms with E-state index in [0.717, 1.165) is 24.2 Å². The zero-order valence-corrected chi connectivity index (χ0v) is 12.2. The molecule has 2 N–H and O–H groups in total. The van der Waals surface area contributed by atoms with Crippen LogP contribution in [0, 0.1) is 0 Å². The number of anilines is 2. The van der Waals surface area contributed by atoms with E-state index in [4.69, 9.17) is 0 Å². The average molecular weight is 262 g/mol. The predicted octanol–water partition coefficient (Wildman–Crippen LogP) is 2.80. The van der Waals surface area contributed by atoms with Crippen LogP contribution in [-0.4, -0.2) is 42.6 Å². The highest BCUT2D eigenvalue weighted by Gasteiger charge is 2.16. The van der Waals surface area contributed by atoms with Gasteiger partial charge < -0.3 is 15.5 Å². The second-order valence-electron chi connectivity index (χ2n) is 5.32. The van der Waals surface area contributed by atoms with Crippen molar-refractivity contribution in [2.24, 2.45) is 0 Å². The van der Waals surface area contributed by atoms with E-state index in [1.807, 2.05) is 25.2 Å². The number of rotatable bonds is 6. The van der Waals surface area contributed by atoms with Gasteiger partial charge in [-0.05, 0) is 44.9 Å². The molecule has 1 aromatic rings. The number of pyridine rings is 1. The molecule has 1 atom stereocenters. The lowest BCUT2D eigenvalue weighted by Gasteiger charge is -2.33. The van der Waals surface area contributed by atoms with Gasteiger partial charge in [0.25, 0.3) is 0 Å². The summed E-state index contributed by atoms with van der Waals surface area (Å²) in [6.07, 6.45) is 5.30. The minimum Gasteiger partial charge on any atom is -0.373 e. The normalized spacial score (nSPS) is 20.2. The predicted molar refractivity (Wildman–Crippen MR) is 81.8 cm³/mol. The summed E-state index contributed by atoms with van der Waals surface area (Å²) in [6, 6.07) is 6.78. The maximum atomic E-state index is 4.45. The molecular formula is C15H26N4. The van der Waals surface area contributed by atoms with Gasteiger partial charge in [0, 0.05) is 26.2 Å². The van der Waals surface area contributed by atoms with Crippen molar-refractivity contribution in [1.29, 1.82) is 0 Å². The molecule has 1 aliphatic heterocycles. The fourth-order valence-corrected chi connectivity index (χ4v) is 2.66. The lowest BCUT2D eigenvalue weighted by molar-refractivity contribution is 0.160. The van der Waals surface area contributed by atoms with E-state index in [0.29, 0.717) is 0 Å². The molecule has 0 radical (unpaired) electrons. The zero-order valence-electron chi connectivity index (χ0n) is 12.2. The van der Waals surface area contributed by atoms with Crippen molar-refractivity contribution in [3.05, 3.63) is 18.2 Å². The monoisotopic (exact) mass is 262 g/mol. The molecule has 0 aromatic carbocycles. The molecule has 19 heavy (non-hydrogen) atoms. The van der Waals surface area contributed by atoms with Gasteiger partial charge in [-0.25, -0.2) is 4.98 Å². The fourth-order valence-electron chi connectivity index (χ4n) is 2.66. The summed E-state index contributed by atoms with van der Waals surface area (Å²) in [5.41, 5.74) is 0. The summed E-state index contributed by atoms with van der Waals surface area (Å²) in [5, 5.41) is 6.45. The van der Waals surface area contributed by atoms with Crippen molar-refractivity contribution in [3.63, 3.8) is 0 Å². The number of aromatic nitrogens is 1. The molecule has 1 fully saturated rings. The van der Waals surface area contributed by atoms with E-state index < -0.39 is 0 Å². The molecule has 4 heteroatoms. The summed E-state index contributed by atoms with van der Waals surface area (Å²) in [5.74, 6) is 1.87. The Hall–Kier alpha value is -1.29. The topological polar surface area (TPSA) is 40.2 Å². The first kappa shape index (κ1) is 14.1. The van der Waals surface area contributed by atoms with Crippen LogP contribution in [0.4, 0.5) is 11.6 Å². The van der Waals surface area contributed by atoms with Crippen molar-refractivity contribution >= 4 is 11.6 Å². The van der Waals surface area contributed by atoms with Crippen LogP contribution >= 0.6 is 0 Å². The molecule has 2 rings (SSSR count). The van der Waals surface area contributed by atoms with Crippen LogP contribution < -0.4 is 10.6 Å². The molecule has 0 spiro atoms. The Labute approximate surface area is 116 Å². The van der Waals surface area contributed by atoms with Crippen LogP contribution in [0.25, 0.3) is 0 Å². The third kappa shape index (κ3) is 4.39. The minimum absolute atomic E-state index is 0.763. The summed E-state index contributed by atoms with van der Waals surface area (Å²) in [4.78, 5) is 7.07. The van der Waals surface area contributed by atoms with E-state index in [9.17, 15) is 0 Å². The molecule has 1 aliphatic rings. The number of hydrogen-bond donors (Lipinski definition) is 2. The Bertz CT molecular complexity index is 380. The number of hydrogen-bond acceptors (Lipinski definition) is 4. The van der Waals surface area contributed by atoms with Gasteiger partial charge in [0.1, 0.15) is 11.6 Å². The van der Waals surface area contributed by atoms with Gasteiger partial charge in [-0.15, -0.1) is 0 Å². The SMILES string of the molecule is CNc1cccc(NCCCN2CCCCC2C)n1. The first-order valence-electron chi connectivity index (χ1n) is 7.42. The van der Waals surface area contributed by atoms with E-state index in [2.05, 4.69) is 27.4 Å². The largest absolute Gasteiger partial charge is 0.373 e. The van der Waals surface area contributed by atoms with Crippen molar-refractivity contribution in [2.75, 3.05) is 37.3 Å². The molecule has 1 unspecified atom stereocenters. The highest BCUT2D eigenvalue weighted by molar-refractivity contribution is 5.44. The van der Waals surface area contributed by atoms with Crippen molar-refractivity contribution in [2.45, 2.75) is 38.6 Å². The number of likely N-dealkylation sites (tertiary alicyclic amines) is 1. The summed E-state index contributed by atoms with van der Waals surface area (Å²) < 4.78 is 0. The van der Waals surface area contributed by atoms with Gasteiger partial charge in [-0.2, -0.15) is 0 Å². The molecule has 0 amide bonds. The van der Waals surface area contributed by atoms with Crippen molar-refractivity contribution in [3.8, 4) is 0 Å². The lowest BCUT2D eigenvalue weighted by atomic mass is 10.0. The summed E-state index contributed by atoms with van der Waals surface area (Å²) in [7, 11) is 1.89. The smallest absolute Gasteiger partial charge is 0.128 e. The first-order chi connectivity index (χ1) is 9.29. The second-order valence-corrected chi connectivity index (χ2v) is 5.32. The van der Waals surface area contributed by atoms with Crippen LogP contribution in [-0.2, 0) is 0 Å². The van der Waals surface area contributed by atoms with Gasteiger partial charge in [0.05, 0.1) is 0 Å². The average Bonchev–Trinajstić information content (AvgIpc) is 2.45. The van der Waals surface area contributed by atoms with E-state index in [1.54, 1.807) is 0 Å². The van der Waals surface area contributed by atoms with Gasteiger partial charge >= 0.3 is 0 Å². The highest BCUT2D eigenvalue weighted by atomic mass is 15.2. The van der Waals surface area contributed by atoms with Crippen LogP contribution in [0.3, 0.4) is 0 Å². The van der Waals surface area contributed by atoms with Crippen molar-refractivity contribution < 1.29 is 0 Å². The van der Waals surface area contributed by atoms with Gasteiger partial charge in [-0.1, -0.05) is 12.5 Å². The number of nitrogens with one attached hydrogen (secondary N) is 2. The van der Waals surface area contributed by atoms with Gasteiger partial charge in [0.2, 0.25) is 0 Å². The highest BCUT2D eigenvalue weighted by Crippen LogP contribution is 2.16. The Morgan fingerprint density at radius 3 is 2.95 bits per heavy atom. The van der Waals surface area contributed by atoms with E-state index in [1.165, 1.54) is 38.8 Å². The molecule has 2 heterocycles. The van der Waals surface area contributed by atoms with Crippen LogP contribution in [0.5, 0.6) is 0 Å². The van der Waals surface area contributed by atoms with Gasteiger partial charge in [0.15, 0.2) is 0 Å². The molecule has 106 valence electrons. The zero-order chi connectivity index (χ0) is 13.5. The standard InChI is InChI=1S/C15H26N4/c1-13-7-3-4-11-19(13)12-6-10-17-15-9-5-8-14(16-2)18-15/h5,8-9,13H,3-4,6-7,10-12H2,1-2H3,(H2,16,17,18). The molecule has 4 nitrogen and oxygen atoms in total. The number of nitrogens with zero attached hydrogens (tertiary/aromatic N) is 2. The maximum Gasteiger partial charge on any atom is 0.128 e. The molecule has 0 bridgehead atoms. The van der Waals surface area contributed by atoms with Crippen LogP contribution in [0.1, 0.15) is 32.6 Å². The van der Waals surface area contributed by atoms with E-state index >= 15 is 0 Å². The fraction of sp³-hybridized carbons (Fsp3) is 0.667. The Kier molecular flexibility index (Phi) is 5.45. The van der Waals surface area contributed by atoms with Crippen molar-refractivity contribution in [1.82, 2.24) is 9.88 Å². The summed E-state index contributed by atoms with van der Waals surface area (Å²) >= 11 is 0. The lowest BCUT2D eigenvalue weighted by Crippen LogP contribution is -2.38. The van der Waals surface area contributed by atoms with Crippen LogP contribution in [0.15, 0.2) is 18.2 Å². The quantitative estimate of drug-likeness (QED) is 0.773. The first-order valence-corrected chi connectivity index (χ1v) is 7.42. The third-order valence-electron chi connectivity index (χ3n) is 3.87. The molecule has 1 aromatic heterocycles. The maximum absolute atomic E-state index is 4.45. The molecule has 1 saturated heterocycles. The van der Waals surface area contributed by atoms with E-state index in [-0.39, 0.29) is 0 Å². The molecular weight excluding hydrogens is 236 g/mol. The minimum atomic E-state index is 0.763.